The van der Waals surface area contributed by atoms with E-state index in [2.05, 4.69) is 0 Å². The first-order valence-corrected chi connectivity index (χ1v) is 12.1. The number of ether oxygens (including phenoxy) is 4. The van der Waals surface area contributed by atoms with E-state index in [1.807, 2.05) is 0 Å². The quantitative estimate of drug-likeness (QED) is 0.173. The van der Waals surface area contributed by atoms with Gasteiger partial charge in [-0.3, -0.25) is 0 Å². The fourth-order valence-electron chi connectivity index (χ4n) is 6.13. The van der Waals surface area contributed by atoms with Crippen LogP contribution in [-0.4, -0.2) is 139 Å². The van der Waals surface area contributed by atoms with E-state index in [9.17, 15) is 40.9 Å². The van der Waals surface area contributed by atoms with Crippen LogP contribution in [0.3, 0.4) is 0 Å². The molecule has 0 radical (unpaired) electrons. The lowest BCUT2D eigenvalue weighted by atomic mass is 9.72. The molecule has 2 saturated heterocycles. The van der Waals surface area contributed by atoms with Crippen molar-refractivity contribution in [2.45, 2.75) is 112 Å². The highest BCUT2D eigenvalue weighted by Crippen LogP contribution is 2.42. The van der Waals surface area contributed by atoms with E-state index < -0.39 is 80.0 Å². The van der Waals surface area contributed by atoms with Gasteiger partial charge in [-0.25, -0.2) is 0 Å². The zero-order chi connectivity index (χ0) is 24.7. The molecule has 0 aromatic heterocycles. The maximum absolute atomic E-state index is 10.6. The van der Waals surface area contributed by atoms with E-state index in [-0.39, 0.29) is 30.8 Å². The Kier molecular flexibility index (Phi) is 8.50. The molecule has 2 heterocycles. The van der Waals surface area contributed by atoms with Gasteiger partial charge in [0.1, 0.15) is 36.6 Å². The van der Waals surface area contributed by atoms with Crippen molar-refractivity contribution in [2.24, 2.45) is 11.8 Å². The molecule has 2 aliphatic carbocycles. The minimum absolute atomic E-state index is 0.216. The summed E-state index contributed by atoms with van der Waals surface area (Å²) in [6.07, 6.45) is -11.4. The van der Waals surface area contributed by atoms with Gasteiger partial charge in [-0.05, 0) is 19.3 Å². The van der Waals surface area contributed by atoms with Gasteiger partial charge in [0.2, 0.25) is 0 Å². The van der Waals surface area contributed by atoms with Crippen LogP contribution in [0.5, 0.6) is 0 Å². The van der Waals surface area contributed by atoms with Crippen LogP contribution in [0.15, 0.2) is 0 Å². The first-order chi connectivity index (χ1) is 16.1. The Morgan fingerprint density at radius 3 is 2.21 bits per heavy atom. The molecular formula is C22H39O12+. The second kappa shape index (κ2) is 10.9. The van der Waals surface area contributed by atoms with Crippen molar-refractivity contribution in [3.05, 3.63) is 0 Å². The van der Waals surface area contributed by atoms with Gasteiger partial charge in [0.05, 0.1) is 36.9 Å². The van der Waals surface area contributed by atoms with Crippen LogP contribution < -0.4 is 0 Å². The van der Waals surface area contributed by atoms with E-state index in [1.165, 1.54) is 7.11 Å². The minimum atomic E-state index is -1.59. The summed E-state index contributed by atoms with van der Waals surface area (Å²) in [6, 6.07) is 0. The van der Waals surface area contributed by atoms with Crippen LogP contribution in [0.2, 0.25) is 0 Å². The summed E-state index contributed by atoms with van der Waals surface area (Å²) in [5, 5.41) is 81.7. The Balaban J connectivity index is 1.57. The molecule has 4 rings (SSSR count). The molecule has 0 aromatic carbocycles. The van der Waals surface area contributed by atoms with Gasteiger partial charge in [0.25, 0.3) is 0 Å². The van der Waals surface area contributed by atoms with Crippen LogP contribution in [0, 0.1) is 11.8 Å². The highest BCUT2D eigenvalue weighted by molar-refractivity contribution is 4.99. The Bertz CT molecular complexity index is 666. The molecule has 2 aliphatic heterocycles. The van der Waals surface area contributed by atoms with Crippen LogP contribution in [0.25, 0.3) is 0 Å². The Morgan fingerprint density at radius 1 is 0.794 bits per heavy atom. The second-order valence-corrected chi connectivity index (χ2v) is 10.2. The van der Waals surface area contributed by atoms with Crippen molar-refractivity contribution in [3.8, 4) is 0 Å². The third-order valence-corrected chi connectivity index (χ3v) is 8.06. The summed E-state index contributed by atoms with van der Waals surface area (Å²) in [7, 11) is 1.45. The topological polar surface area (TPSA) is 202 Å². The van der Waals surface area contributed by atoms with Crippen LogP contribution in [0.4, 0.5) is 0 Å². The largest absolute Gasteiger partial charge is 0.427 e. The molecule has 2 saturated carbocycles. The zero-order valence-electron chi connectivity index (χ0n) is 19.2. The lowest BCUT2D eigenvalue weighted by molar-refractivity contribution is -0.357. The molecule has 0 amide bonds. The average Bonchev–Trinajstić information content (AvgIpc) is 2.81. The van der Waals surface area contributed by atoms with Gasteiger partial charge in [0.15, 0.2) is 18.5 Å². The van der Waals surface area contributed by atoms with Crippen molar-refractivity contribution >= 4 is 0 Å². The Labute approximate surface area is 197 Å². The van der Waals surface area contributed by atoms with Gasteiger partial charge >= 0.3 is 0 Å². The summed E-state index contributed by atoms with van der Waals surface area (Å²) < 4.78 is 21.9. The molecule has 15 unspecified atom stereocenters. The molecule has 0 bridgehead atoms. The van der Waals surface area contributed by atoms with Gasteiger partial charge in [0, 0.05) is 25.9 Å². The van der Waals surface area contributed by atoms with Crippen LogP contribution in [0.1, 0.15) is 32.1 Å². The van der Waals surface area contributed by atoms with Crippen molar-refractivity contribution in [1.29, 1.82) is 0 Å². The average molecular weight is 496 g/mol. The fourth-order valence-corrected chi connectivity index (χ4v) is 6.13. The summed E-state index contributed by atoms with van der Waals surface area (Å²) in [5.74, 6) is -0.567. The first kappa shape index (κ1) is 26.6. The highest BCUT2D eigenvalue weighted by Gasteiger charge is 2.55. The van der Waals surface area contributed by atoms with Crippen molar-refractivity contribution < 1.29 is 59.8 Å². The molecule has 0 spiro atoms. The maximum atomic E-state index is 10.6. The van der Waals surface area contributed by atoms with Crippen molar-refractivity contribution in [3.63, 3.8) is 0 Å². The molecule has 4 fully saturated rings. The van der Waals surface area contributed by atoms with Gasteiger partial charge in [-0.2, -0.15) is 0 Å². The third-order valence-electron chi connectivity index (χ3n) is 8.06. The normalized spacial score (nSPS) is 54.4. The molecule has 9 N–H and O–H groups in total. The highest BCUT2D eigenvalue weighted by atomic mass is 16.7. The Morgan fingerprint density at radius 2 is 1.53 bits per heavy atom. The van der Waals surface area contributed by atoms with Gasteiger partial charge in [-0.1, -0.05) is 0 Å². The molecule has 34 heavy (non-hydrogen) atoms. The van der Waals surface area contributed by atoms with Crippen LogP contribution in [-0.2, 0) is 14.2 Å². The molecule has 12 heteroatoms. The predicted molar refractivity (Wildman–Crippen MR) is 113 cm³/mol. The standard InChI is InChI=1S/C22H38O12/c1-31-14-3-8(2-12(26)17(14)27)21-15(6-10-11(25)4-9(24)5-13(10)32-21)33-22-20(30)19(29)18(28)16(7-23)34-22/h8-30H,2-7H2,1H3/p+1. The maximum Gasteiger partial charge on any atom is 0.187 e. The molecular weight excluding hydrogens is 456 g/mol. The fraction of sp³-hybridized carbons (Fsp3) is 1.00. The number of methoxy groups -OCH3 is 1. The predicted octanol–water partition coefficient (Wildman–Crippen LogP) is -3.88. The molecule has 4 aliphatic rings. The number of hydrogen-bond donors (Lipinski definition) is 8. The first-order valence-electron chi connectivity index (χ1n) is 12.1. The molecule has 198 valence electrons. The monoisotopic (exact) mass is 495 g/mol. The number of aliphatic hydroxyl groups is 10. The molecule has 15 atom stereocenters. The van der Waals surface area contributed by atoms with E-state index in [4.69, 9.17) is 18.9 Å². The van der Waals surface area contributed by atoms with E-state index >= 15 is 0 Å². The SMILES string of the molecule is COC1CC(C2[OH+]C3CC(O)CC(O)C3CC2OC2OC(CO)C(O)C(O)C2O)CC(O)C1O. The molecule has 12 nitrogen and oxygen atoms in total. The minimum Gasteiger partial charge on any atom is -0.427 e. The van der Waals surface area contributed by atoms with Gasteiger partial charge < -0.3 is 59.8 Å². The lowest BCUT2D eigenvalue weighted by Gasteiger charge is -2.49. The van der Waals surface area contributed by atoms with E-state index in [0.717, 1.165) is 0 Å². The number of rotatable bonds is 5. The molecule has 0 aromatic rings. The zero-order valence-corrected chi connectivity index (χ0v) is 19.2. The summed E-state index contributed by atoms with van der Waals surface area (Å²) >= 11 is 0. The van der Waals surface area contributed by atoms with Crippen LogP contribution >= 0.6 is 0 Å². The summed E-state index contributed by atoms with van der Waals surface area (Å²) in [6.45, 7) is -0.590. The smallest absolute Gasteiger partial charge is 0.187 e. The lowest BCUT2D eigenvalue weighted by Crippen LogP contribution is -2.63. The number of hydrogen-bond acceptors (Lipinski definition) is 11. The van der Waals surface area contributed by atoms with E-state index in [0.29, 0.717) is 19.3 Å². The van der Waals surface area contributed by atoms with E-state index in [1.54, 1.807) is 0 Å². The number of fused-ring (bicyclic) bond motifs is 1. The Hall–Kier alpha value is -0.480. The van der Waals surface area contributed by atoms with Crippen molar-refractivity contribution in [1.82, 2.24) is 0 Å². The summed E-state index contributed by atoms with van der Waals surface area (Å²) in [5.41, 5.74) is 0. The number of aliphatic hydroxyl groups excluding tert-OH is 8. The summed E-state index contributed by atoms with van der Waals surface area (Å²) in [4.78, 5) is 0. The second-order valence-electron chi connectivity index (χ2n) is 10.2. The van der Waals surface area contributed by atoms with Gasteiger partial charge in [-0.15, -0.1) is 0 Å². The van der Waals surface area contributed by atoms with Crippen molar-refractivity contribution in [2.75, 3.05) is 13.7 Å². The third kappa shape index (κ3) is 5.15.